The Kier molecular flexibility index (Phi) is 12.7. The summed E-state index contributed by atoms with van der Waals surface area (Å²) in [7, 11) is 0. The number of phenols is 1. The molecule has 0 saturated heterocycles. The Balaban J connectivity index is 2.88. The molecule has 0 aliphatic carbocycles. The first-order valence-corrected chi connectivity index (χ1v) is 11.5. The predicted molar refractivity (Wildman–Crippen MR) is 128 cm³/mol. The molecule has 0 spiro atoms. The van der Waals surface area contributed by atoms with Crippen LogP contribution in [0.2, 0.25) is 0 Å². The molecule has 12 heteroatoms. The summed E-state index contributed by atoms with van der Waals surface area (Å²) in [4.78, 5) is 49.5. The summed E-state index contributed by atoms with van der Waals surface area (Å²) in [6.07, 6.45) is 1.28. The van der Waals surface area contributed by atoms with Gasteiger partial charge >= 0.3 is 5.97 Å². The number of carbonyl (C=O) groups excluding carboxylic acids is 3. The zero-order valence-corrected chi connectivity index (χ0v) is 20.1. The van der Waals surface area contributed by atoms with Crippen molar-refractivity contribution in [3.05, 3.63) is 29.8 Å². The van der Waals surface area contributed by atoms with Gasteiger partial charge in [0.1, 0.15) is 23.9 Å². The molecule has 0 aromatic heterocycles. The number of carboxylic acids is 1. The van der Waals surface area contributed by atoms with E-state index in [9.17, 15) is 34.5 Å². The molecule has 0 fully saturated rings. The number of nitrogens with one attached hydrogen (secondary N) is 3. The Labute approximate surface area is 204 Å². The van der Waals surface area contributed by atoms with Crippen LogP contribution in [0.1, 0.15) is 38.7 Å². The molecular weight excluding hydrogens is 458 g/mol. The lowest BCUT2D eigenvalue weighted by molar-refractivity contribution is -0.142. The summed E-state index contributed by atoms with van der Waals surface area (Å²) < 4.78 is 0. The van der Waals surface area contributed by atoms with Gasteiger partial charge in [-0.15, -0.1) is 0 Å². The van der Waals surface area contributed by atoms with E-state index in [2.05, 4.69) is 16.0 Å². The molecule has 35 heavy (non-hydrogen) atoms. The number of carbonyl (C=O) groups is 4. The molecular formula is C23H37N5O7. The Hall–Kier alpha value is -3.22. The number of nitrogens with two attached hydrogens (primary N) is 2. The van der Waals surface area contributed by atoms with Gasteiger partial charge in [0.15, 0.2) is 0 Å². The number of amides is 3. The van der Waals surface area contributed by atoms with Gasteiger partial charge in [-0.3, -0.25) is 14.4 Å². The van der Waals surface area contributed by atoms with Crippen LogP contribution in [0.3, 0.4) is 0 Å². The molecule has 0 aliphatic heterocycles. The number of benzene rings is 1. The van der Waals surface area contributed by atoms with Gasteiger partial charge in [-0.1, -0.05) is 26.0 Å². The molecule has 196 valence electrons. The van der Waals surface area contributed by atoms with Crippen LogP contribution < -0.4 is 27.4 Å². The quantitative estimate of drug-likeness (QED) is 0.134. The summed E-state index contributed by atoms with van der Waals surface area (Å²) in [5.74, 6) is -3.62. The second-order valence-electron chi connectivity index (χ2n) is 8.63. The molecule has 1 aromatic rings. The highest BCUT2D eigenvalue weighted by molar-refractivity contribution is 5.94. The van der Waals surface area contributed by atoms with Gasteiger partial charge in [0, 0.05) is 6.42 Å². The summed E-state index contributed by atoms with van der Waals surface area (Å²) in [5, 5.41) is 35.8. The van der Waals surface area contributed by atoms with Crippen molar-refractivity contribution in [1.82, 2.24) is 16.0 Å². The van der Waals surface area contributed by atoms with Crippen LogP contribution in [0.5, 0.6) is 5.75 Å². The number of carboxylic acid groups (broad SMARTS) is 1. The van der Waals surface area contributed by atoms with Crippen LogP contribution in [0.4, 0.5) is 0 Å². The van der Waals surface area contributed by atoms with Crippen LogP contribution >= 0.6 is 0 Å². The van der Waals surface area contributed by atoms with Crippen molar-refractivity contribution in [3.8, 4) is 5.75 Å². The smallest absolute Gasteiger partial charge is 0.326 e. The number of phenolic OH excluding ortho intramolecular Hbond substituents is 1. The Morgan fingerprint density at radius 1 is 0.886 bits per heavy atom. The molecule has 0 radical (unpaired) electrons. The number of aliphatic carboxylic acids is 1. The minimum atomic E-state index is -1.45. The number of hydrogen-bond acceptors (Lipinski definition) is 8. The van der Waals surface area contributed by atoms with Crippen molar-refractivity contribution in [2.75, 3.05) is 13.2 Å². The highest BCUT2D eigenvalue weighted by Crippen LogP contribution is 2.12. The minimum Gasteiger partial charge on any atom is -0.508 e. The number of aromatic hydroxyl groups is 1. The second kappa shape index (κ2) is 14.9. The van der Waals surface area contributed by atoms with Crippen molar-refractivity contribution < 1.29 is 34.5 Å². The zero-order chi connectivity index (χ0) is 26.5. The van der Waals surface area contributed by atoms with Crippen molar-refractivity contribution in [2.45, 2.75) is 63.7 Å². The largest absolute Gasteiger partial charge is 0.508 e. The average Bonchev–Trinajstić information content (AvgIpc) is 2.81. The van der Waals surface area contributed by atoms with Gasteiger partial charge in [-0.2, -0.15) is 0 Å². The van der Waals surface area contributed by atoms with E-state index in [1.54, 1.807) is 13.8 Å². The van der Waals surface area contributed by atoms with E-state index in [0.29, 0.717) is 24.9 Å². The molecule has 0 saturated carbocycles. The summed E-state index contributed by atoms with van der Waals surface area (Å²) in [6.45, 7) is 3.12. The van der Waals surface area contributed by atoms with Crippen LogP contribution in [0.15, 0.2) is 24.3 Å². The topological polar surface area (TPSA) is 217 Å². The van der Waals surface area contributed by atoms with Gasteiger partial charge in [0.25, 0.3) is 0 Å². The number of hydrogen-bond donors (Lipinski definition) is 8. The Morgan fingerprint density at radius 2 is 1.43 bits per heavy atom. The molecule has 4 atom stereocenters. The fourth-order valence-corrected chi connectivity index (χ4v) is 3.14. The fourth-order valence-electron chi connectivity index (χ4n) is 3.14. The van der Waals surface area contributed by atoms with E-state index in [0.717, 1.165) is 0 Å². The Morgan fingerprint density at radius 3 is 1.94 bits per heavy atom. The number of aliphatic hydroxyl groups excluding tert-OH is 1. The maximum Gasteiger partial charge on any atom is 0.326 e. The van der Waals surface area contributed by atoms with Crippen molar-refractivity contribution in [2.24, 2.45) is 17.4 Å². The summed E-state index contributed by atoms with van der Waals surface area (Å²) >= 11 is 0. The predicted octanol–water partition coefficient (Wildman–Crippen LogP) is -1.42. The standard InChI is InChI=1S/C23H37N5O7/c1-13(2)19(25)22(33)26-16(5-3-4-10-24)20(31)28-18(12-29)21(32)27-17(23(34)35)11-14-6-8-15(30)9-7-14/h6-9,13,16-19,29-30H,3-5,10-12,24-25H2,1-2H3,(H,26,33)(H,27,32)(H,28,31)(H,34,35). The monoisotopic (exact) mass is 495 g/mol. The van der Waals surface area contributed by atoms with Crippen LogP contribution in [-0.2, 0) is 25.6 Å². The van der Waals surface area contributed by atoms with E-state index in [-0.39, 0.29) is 24.5 Å². The van der Waals surface area contributed by atoms with E-state index in [4.69, 9.17) is 11.5 Å². The first kappa shape index (κ1) is 29.8. The first-order valence-electron chi connectivity index (χ1n) is 11.5. The molecule has 3 amide bonds. The minimum absolute atomic E-state index is 0.00942. The third-order valence-corrected chi connectivity index (χ3v) is 5.41. The van der Waals surface area contributed by atoms with Gasteiger partial charge in [-0.05, 0) is 49.4 Å². The molecule has 10 N–H and O–H groups in total. The summed E-state index contributed by atoms with van der Waals surface area (Å²) in [6, 6.07) is 1.15. The van der Waals surface area contributed by atoms with E-state index < -0.39 is 54.5 Å². The van der Waals surface area contributed by atoms with Crippen molar-refractivity contribution in [3.63, 3.8) is 0 Å². The molecule has 1 aromatic carbocycles. The average molecular weight is 496 g/mol. The normalized spacial score (nSPS) is 14.5. The molecule has 0 heterocycles. The van der Waals surface area contributed by atoms with E-state index >= 15 is 0 Å². The van der Waals surface area contributed by atoms with Crippen LogP contribution in [0.25, 0.3) is 0 Å². The van der Waals surface area contributed by atoms with Gasteiger partial charge in [0.2, 0.25) is 17.7 Å². The maximum absolute atomic E-state index is 12.9. The number of aliphatic hydroxyl groups is 1. The fraction of sp³-hybridized carbons (Fsp3) is 0.565. The van der Waals surface area contributed by atoms with Crippen molar-refractivity contribution >= 4 is 23.7 Å². The maximum atomic E-state index is 12.9. The molecule has 1 rings (SSSR count). The van der Waals surface area contributed by atoms with Gasteiger partial charge < -0.3 is 42.7 Å². The molecule has 4 unspecified atom stereocenters. The zero-order valence-electron chi connectivity index (χ0n) is 20.1. The van der Waals surface area contributed by atoms with E-state index in [1.807, 2.05) is 0 Å². The molecule has 0 aliphatic rings. The molecule has 12 nitrogen and oxygen atoms in total. The van der Waals surface area contributed by atoms with Crippen molar-refractivity contribution in [1.29, 1.82) is 0 Å². The molecule has 0 bridgehead atoms. The Bertz CT molecular complexity index is 847. The highest BCUT2D eigenvalue weighted by Gasteiger charge is 2.30. The first-order chi connectivity index (χ1) is 16.5. The lowest BCUT2D eigenvalue weighted by Crippen LogP contribution is -2.58. The van der Waals surface area contributed by atoms with Crippen LogP contribution in [0, 0.1) is 5.92 Å². The van der Waals surface area contributed by atoms with Crippen LogP contribution in [-0.4, -0.2) is 76.3 Å². The number of rotatable bonds is 15. The third kappa shape index (κ3) is 10.3. The third-order valence-electron chi connectivity index (χ3n) is 5.41. The SMILES string of the molecule is CC(C)C(N)C(=O)NC(CCCCN)C(=O)NC(CO)C(=O)NC(Cc1ccc(O)cc1)C(=O)O. The van der Waals surface area contributed by atoms with Gasteiger partial charge in [-0.25, -0.2) is 4.79 Å². The highest BCUT2D eigenvalue weighted by atomic mass is 16.4. The van der Waals surface area contributed by atoms with Gasteiger partial charge in [0.05, 0.1) is 12.6 Å². The number of unbranched alkanes of at least 4 members (excludes halogenated alkanes) is 1. The second-order valence-corrected chi connectivity index (χ2v) is 8.63. The summed E-state index contributed by atoms with van der Waals surface area (Å²) in [5.41, 5.74) is 11.9. The lowest BCUT2D eigenvalue weighted by atomic mass is 10.0. The lowest BCUT2D eigenvalue weighted by Gasteiger charge is -2.25. The van der Waals surface area contributed by atoms with E-state index in [1.165, 1.54) is 24.3 Å².